The van der Waals surface area contributed by atoms with Crippen molar-refractivity contribution in [2.45, 2.75) is 68.0 Å². The zero-order valence-electron chi connectivity index (χ0n) is 36.2. The lowest BCUT2D eigenvalue weighted by Crippen LogP contribution is -2.50. The number of likely N-dealkylation sites (N-methyl/N-ethyl adjacent to an activating group) is 2. The Morgan fingerprint density at radius 3 is 2.08 bits per heavy atom. The number of nitrogens with zero attached hydrogens (tertiary/aromatic N) is 4. The first kappa shape index (κ1) is 47.4. The zero-order valence-corrected chi connectivity index (χ0v) is 36.2. The van der Waals surface area contributed by atoms with Gasteiger partial charge in [0.15, 0.2) is 0 Å². The van der Waals surface area contributed by atoms with Crippen LogP contribution in [-0.4, -0.2) is 110 Å². The Kier molecular flexibility index (Phi) is 14.0. The van der Waals surface area contributed by atoms with Gasteiger partial charge >= 0.3 is 12.4 Å². The SMILES string of the molecule is CN(CCCN(C)C(=O)Cc1ccc(N)cc1)C(=O)CO[C@H]1Cc2ccccc2C12CCN(CC[C@@]1(c3ccc(F)cc3)CN(C(=O)c3cc(C(F)(F)F)cc(C(F)(F)F)c3)CO1)CC2. The number of carbonyl (C=O) groups excluding carboxylic acids is 3. The fourth-order valence-electron chi connectivity index (χ4n) is 9.31. The van der Waals surface area contributed by atoms with Gasteiger partial charge in [0.25, 0.3) is 5.91 Å². The first-order valence-electron chi connectivity index (χ1n) is 21.5. The molecule has 2 atom stereocenters. The van der Waals surface area contributed by atoms with Gasteiger partial charge in [-0.2, -0.15) is 26.3 Å². The van der Waals surface area contributed by atoms with E-state index >= 15 is 0 Å². The number of hydrogen-bond acceptors (Lipinski definition) is 7. The van der Waals surface area contributed by atoms with E-state index in [9.17, 15) is 45.1 Å². The summed E-state index contributed by atoms with van der Waals surface area (Å²) in [7, 11) is 3.46. The molecule has 0 unspecified atom stereocenters. The fourth-order valence-corrected chi connectivity index (χ4v) is 9.31. The molecular weight excluding hydrogens is 860 g/mol. The van der Waals surface area contributed by atoms with Crippen molar-refractivity contribution in [1.29, 1.82) is 0 Å². The fraction of sp³-hybridized carbons (Fsp3) is 0.438. The lowest BCUT2D eigenvalue weighted by atomic mass is 9.72. The van der Waals surface area contributed by atoms with Crippen LogP contribution in [0.5, 0.6) is 0 Å². The third-order valence-electron chi connectivity index (χ3n) is 13.2. The molecule has 0 saturated carbocycles. The Bertz CT molecular complexity index is 2300. The van der Waals surface area contributed by atoms with Crippen molar-refractivity contribution in [3.05, 3.63) is 136 Å². The quantitative estimate of drug-likeness (QED) is 0.102. The molecule has 4 aromatic carbocycles. The van der Waals surface area contributed by atoms with E-state index in [-0.39, 0.29) is 55.4 Å². The van der Waals surface area contributed by atoms with Gasteiger partial charge in [-0.3, -0.25) is 14.4 Å². The number of ether oxygens (including phenoxy) is 2. The highest BCUT2D eigenvalue weighted by molar-refractivity contribution is 5.95. The van der Waals surface area contributed by atoms with Crippen molar-refractivity contribution in [3.63, 3.8) is 0 Å². The van der Waals surface area contributed by atoms with Gasteiger partial charge in [-0.1, -0.05) is 48.5 Å². The molecule has 2 aliphatic heterocycles. The standard InChI is InChI=1S/C48H52F7N5O5/c1-57(42(61)24-32-8-14-39(56)15-9-32)19-5-20-58(2)43(62)29-64-41-27-33-6-3-4-7-40(33)45(41)16-21-59(22-17-45)23-18-46(35-10-12-38(49)13-11-35)30-60(31-65-46)44(63)34-25-36(47(50,51)52)28-37(26-34)48(53,54)55/h3-4,6-15,25-26,28,41H,5,16-24,27,29-31,56H2,1-2H3/t41-,46-/m0/s1. The van der Waals surface area contributed by atoms with E-state index in [0.717, 1.165) is 16.0 Å². The molecule has 7 rings (SSSR count). The van der Waals surface area contributed by atoms with E-state index in [4.69, 9.17) is 15.2 Å². The van der Waals surface area contributed by atoms with Gasteiger partial charge < -0.3 is 34.8 Å². The Morgan fingerprint density at radius 1 is 0.831 bits per heavy atom. The second kappa shape index (κ2) is 19.1. The number of fused-ring (bicyclic) bond motifs is 2. The summed E-state index contributed by atoms with van der Waals surface area (Å²) in [6, 6.07) is 21.6. The van der Waals surface area contributed by atoms with Crippen LogP contribution < -0.4 is 5.73 Å². The minimum atomic E-state index is -5.13. The van der Waals surface area contributed by atoms with E-state index in [1.165, 1.54) is 29.8 Å². The number of nitrogens with two attached hydrogens (primary N) is 1. The minimum absolute atomic E-state index is 0.0277. The van der Waals surface area contributed by atoms with Crippen LogP contribution in [0.2, 0.25) is 0 Å². The van der Waals surface area contributed by atoms with Crippen molar-refractivity contribution in [2.24, 2.45) is 0 Å². The summed E-state index contributed by atoms with van der Waals surface area (Å²) in [5.74, 6) is -1.79. The maximum Gasteiger partial charge on any atom is 0.416 e. The number of piperidine rings is 1. The van der Waals surface area contributed by atoms with Crippen molar-refractivity contribution < 1.29 is 54.6 Å². The maximum absolute atomic E-state index is 14.1. The van der Waals surface area contributed by atoms with Crippen LogP contribution in [0.15, 0.2) is 91.0 Å². The normalized spacial score (nSPS) is 19.6. The Balaban J connectivity index is 0.970. The molecule has 3 amide bonds. The molecule has 2 heterocycles. The molecule has 4 aromatic rings. The lowest BCUT2D eigenvalue weighted by molar-refractivity contribution is -0.143. The van der Waals surface area contributed by atoms with Crippen molar-refractivity contribution >= 4 is 23.4 Å². The first-order valence-corrected chi connectivity index (χ1v) is 21.5. The number of hydrogen-bond donors (Lipinski definition) is 1. The predicted octanol–water partition coefficient (Wildman–Crippen LogP) is 7.69. The molecular formula is C48H52F7N5O5. The molecule has 2 saturated heterocycles. The molecule has 17 heteroatoms. The third-order valence-corrected chi connectivity index (χ3v) is 13.2. The topological polar surface area (TPSA) is 109 Å². The average Bonchev–Trinajstić information content (AvgIpc) is 3.85. The zero-order chi connectivity index (χ0) is 46.7. The van der Waals surface area contributed by atoms with Gasteiger partial charge in [-0.05, 0) is 110 Å². The number of carbonyl (C=O) groups is 3. The Hall–Kier alpha value is -5.52. The number of amides is 3. The van der Waals surface area contributed by atoms with Crippen molar-refractivity contribution in [3.8, 4) is 0 Å². The second-order valence-corrected chi connectivity index (χ2v) is 17.4. The van der Waals surface area contributed by atoms with Crippen LogP contribution in [0, 0.1) is 5.82 Å². The molecule has 0 radical (unpaired) electrons. The molecule has 2 N–H and O–H groups in total. The monoisotopic (exact) mass is 911 g/mol. The van der Waals surface area contributed by atoms with Gasteiger partial charge in [0.05, 0.1) is 30.2 Å². The molecule has 3 aliphatic rings. The lowest BCUT2D eigenvalue weighted by Gasteiger charge is -2.44. The van der Waals surface area contributed by atoms with Gasteiger partial charge in [-0.25, -0.2) is 4.39 Å². The Morgan fingerprint density at radius 2 is 1.45 bits per heavy atom. The number of alkyl halides is 6. The summed E-state index contributed by atoms with van der Waals surface area (Å²) in [6.45, 7) is 1.88. The molecule has 10 nitrogen and oxygen atoms in total. The van der Waals surface area contributed by atoms with Crippen LogP contribution in [0.1, 0.15) is 69.4 Å². The summed E-state index contributed by atoms with van der Waals surface area (Å²) in [4.78, 5) is 46.3. The summed E-state index contributed by atoms with van der Waals surface area (Å²) >= 11 is 0. The number of anilines is 1. The predicted molar refractivity (Wildman–Crippen MR) is 228 cm³/mol. The third kappa shape index (κ3) is 10.8. The largest absolute Gasteiger partial charge is 0.416 e. The second-order valence-electron chi connectivity index (χ2n) is 17.4. The highest BCUT2D eigenvalue weighted by Gasteiger charge is 2.50. The van der Waals surface area contributed by atoms with Gasteiger partial charge in [0.1, 0.15) is 24.8 Å². The van der Waals surface area contributed by atoms with Crippen LogP contribution in [0.25, 0.3) is 0 Å². The highest BCUT2D eigenvalue weighted by atomic mass is 19.4. The van der Waals surface area contributed by atoms with E-state index in [1.807, 2.05) is 24.3 Å². The number of halogens is 7. The van der Waals surface area contributed by atoms with E-state index < -0.39 is 53.1 Å². The summed E-state index contributed by atoms with van der Waals surface area (Å²) in [6.07, 6.45) is -7.40. The number of rotatable bonds is 14. The molecule has 2 fully saturated rings. The minimum Gasteiger partial charge on any atom is -0.399 e. The number of likely N-dealkylation sites (tertiary alicyclic amines) is 1. The van der Waals surface area contributed by atoms with E-state index in [1.54, 1.807) is 36.0 Å². The summed E-state index contributed by atoms with van der Waals surface area (Å²) in [5.41, 5.74) is 4.49. The molecule has 0 aromatic heterocycles. The summed E-state index contributed by atoms with van der Waals surface area (Å²) in [5, 5.41) is 0. The van der Waals surface area contributed by atoms with Crippen molar-refractivity contribution in [2.75, 3.05) is 72.4 Å². The van der Waals surface area contributed by atoms with E-state index in [2.05, 4.69) is 17.0 Å². The molecule has 1 spiro atoms. The van der Waals surface area contributed by atoms with Crippen LogP contribution >= 0.6 is 0 Å². The van der Waals surface area contributed by atoms with E-state index in [0.29, 0.717) is 81.8 Å². The van der Waals surface area contributed by atoms with Gasteiger partial charge in [0, 0.05) is 50.4 Å². The highest BCUT2D eigenvalue weighted by Crippen LogP contribution is 2.48. The van der Waals surface area contributed by atoms with Crippen molar-refractivity contribution in [1.82, 2.24) is 19.6 Å². The Labute approximate surface area is 373 Å². The van der Waals surface area contributed by atoms with Crippen LogP contribution in [-0.2, 0) is 55.3 Å². The molecule has 1 aliphatic carbocycles. The number of nitrogen functional groups attached to an aromatic ring is 1. The van der Waals surface area contributed by atoms with Crippen LogP contribution in [0.3, 0.4) is 0 Å². The molecule has 65 heavy (non-hydrogen) atoms. The van der Waals surface area contributed by atoms with Gasteiger partial charge in [0.2, 0.25) is 11.8 Å². The number of benzene rings is 4. The molecule has 0 bridgehead atoms. The average molecular weight is 912 g/mol. The first-order chi connectivity index (χ1) is 30.8. The smallest absolute Gasteiger partial charge is 0.399 e. The maximum atomic E-state index is 14.1. The van der Waals surface area contributed by atoms with Gasteiger partial charge in [-0.15, -0.1) is 0 Å². The summed E-state index contributed by atoms with van der Waals surface area (Å²) < 4.78 is 109. The molecule has 348 valence electrons. The van der Waals surface area contributed by atoms with Crippen LogP contribution in [0.4, 0.5) is 36.4 Å².